The lowest BCUT2D eigenvalue weighted by atomic mass is 9.91. The number of aromatic nitrogens is 2. The molecule has 1 saturated heterocycles. The summed E-state index contributed by atoms with van der Waals surface area (Å²) in [5.41, 5.74) is 4.42. The van der Waals surface area contributed by atoms with E-state index in [1.165, 1.54) is 11.3 Å². The van der Waals surface area contributed by atoms with Gasteiger partial charge in [0.1, 0.15) is 35.2 Å². The molecule has 5 atom stereocenters. The van der Waals surface area contributed by atoms with E-state index < -0.39 is 47.7 Å². The second-order valence-corrected chi connectivity index (χ2v) is 12.9. The molecule has 0 spiro atoms. The Labute approximate surface area is 244 Å². The fourth-order valence-corrected chi connectivity index (χ4v) is 5.96. The van der Waals surface area contributed by atoms with Crippen LogP contribution in [0.25, 0.3) is 10.4 Å². The second-order valence-electron chi connectivity index (χ2n) is 12.0. The summed E-state index contributed by atoms with van der Waals surface area (Å²) in [6.45, 7) is 14.6. The molecule has 2 aromatic heterocycles. The Kier molecular flexibility index (Phi) is 8.89. The number of halogens is 1. The van der Waals surface area contributed by atoms with E-state index in [0.717, 1.165) is 21.0 Å². The Hall–Kier alpha value is -3.31. The first-order valence-electron chi connectivity index (χ1n) is 13.8. The van der Waals surface area contributed by atoms with Crippen LogP contribution in [-0.2, 0) is 9.59 Å². The number of thiazole rings is 1. The molecule has 1 aliphatic heterocycles. The van der Waals surface area contributed by atoms with Crippen molar-refractivity contribution in [2.75, 3.05) is 6.54 Å². The molecule has 0 unspecified atom stereocenters. The highest BCUT2D eigenvalue weighted by Gasteiger charge is 2.50. The summed E-state index contributed by atoms with van der Waals surface area (Å²) in [6.07, 6.45) is -3.44. The Morgan fingerprint density at radius 3 is 2.49 bits per heavy atom. The lowest BCUT2D eigenvalue weighted by molar-refractivity contribution is -0.142. The molecule has 2 amide bonds. The van der Waals surface area contributed by atoms with Crippen LogP contribution >= 0.6 is 11.3 Å². The highest BCUT2D eigenvalue weighted by atomic mass is 32.1. The van der Waals surface area contributed by atoms with Crippen LogP contribution < -0.4 is 10.1 Å². The monoisotopic (exact) mass is 586 g/mol. The summed E-state index contributed by atoms with van der Waals surface area (Å²) in [7, 11) is 0. The topological polar surface area (TPSA) is 118 Å². The van der Waals surface area contributed by atoms with Gasteiger partial charge in [-0.1, -0.05) is 31.1 Å². The average Bonchev–Trinajstić information content (AvgIpc) is 3.57. The number of alkyl halides is 1. The minimum atomic E-state index is -1.95. The normalized spacial score (nSPS) is 20.8. The van der Waals surface area contributed by atoms with Crippen LogP contribution in [0.3, 0.4) is 0 Å². The Balaban J connectivity index is 1.61. The van der Waals surface area contributed by atoms with Crippen molar-refractivity contribution in [2.45, 2.75) is 91.3 Å². The number of nitrogens with one attached hydrogen (secondary N) is 1. The predicted molar refractivity (Wildman–Crippen MR) is 154 cm³/mol. The molecular weight excluding hydrogens is 547 g/mol. The summed E-state index contributed by atoms with van der Waals surface area (Å²) in [4.78, 5) is 33.8. The van der Waals surface area contributed by atoms with Gasteiger partial charge < -0.3 is 24.6 Å². The minimum Gasteiger partial charge on any atom is -0.488 e. The number of aryl methyl sites for hydroxylation is 2. The Morgan fingerprint density at radius 2 is 1.93 bits per heavy atom. The standard InChI is InChI=1S/C30H39FN4O5S/c1-15(2)24(23-11-16(3)34-40-23)29(38)35-13-21(36)25(31)26(35)28(37)33-17(4)20-10-9-19(27-18(5)32-14-41-27)12-22(20)39-30(6,7)8/h9-12,14-15,17,21,24-26,36H,13H2,1-8H3,(H,33,37)/t17-,21-,24+,25-,26-/m0/s1. The molecule has 0 aliphatic carbocycles. The summed E-state index contributed by atoms with van der Waals surface area (Å²) < 4.78 is 27.0. The van der Waals surface area contributed by atoms with Gasteiger partial charge in [-0.25, -0.2) is 9.37 Å². The maximum absolute atomic E-state index is 15.3. The molecular formula is C30H39FN4O5S. The lowest BCUT2D eigenvalue weighted by Crippen LogP contribution is -2.51. The zero-order chi connectivity index (χ0) is 30.2. The summed E-state index contributed by atoms with van der Waals surface area (Å²) >= 11 is 1.53. The molecule has 3 aromatic rings. The smallest absolute Gasteiger partial charge is 0.246 e. The van der Waals surface area contributed by atoms with Crippen molar-refractivity contribution in [1.82, 2.24) is 20.4 Å². The fraction of sp³-hybridized carbons (Fsp3) is 0.533. The van der Waals surface area contributed by atoms with Crippen LogP contribution in [0.4, 0.5) is 4.39 Å². The van der Waals surface area contributed by atoms with Crippen molar-refractivity contribution in [3.63, 3.8) is 0 Å². The number of aliphatic hydroxyl groups is 1. The number of ether oxygens (including phenoxy) is 1. The number of rotatable bonds is 8. The van der Waals surface area contributed by atoms with E-state index in [2.05, 4.69) is 15.5 Å². The van der Waals surface area contributed by atoms with Crippen LogP contribution in [0.2, 0.25) is 0 Å². The number of amides is 2. The van der Waals surface area contributed by atoms with Crippen molar-refractivity contribution in [2.24, 2.45) is 5.92 Å². The van der Waals surface area contributed by atoms with Crippen LogP contribution in [-0.4, -0.2) is 62.4 Å². The Morgan fingerprint density at radius 1 is 1.22 bits per heavy atom. The molecule has 9 nitrogen and oxygen atoms in total. The molecule has 0 bridgehead atoms. The quantitative estimate of drug-likeness (QED) is 0.376. The van der Waals surface area contributed by atoms with Crippen molar-refractivity contribution in [1.29, 1.82) is 0 Å². The predicted octanol–water partition coefficient (Wildman–Crippen LogP) is 5.12. The van der Waals surface area contributed by atoms with Gasteiger partial charge in [0.2, 0.25) is 11.8 Å². The molecule has 41 heavy (non-hydrogen) atoms. The summed E-state index contributed by atoms with van der Waals surface area (Å²) in [6, 6.07) is 5.30. The summed E-state index contributed by atoms with van der Waals surface area (Å²) in [5, 5.41) is 17.1. The molecule has 0 saturated carbocycles. The first kappa shape index (κ1) is 30.6. The van der Waals surface area contributed by atoms with Gasteiger partial charge in [0.25, 0.3) is 0 Å². The molecule has 2 N–H and O–H groups in total. The molecule has 1 aromatic carbocycles. The number of aliphatic hydroxyl groups excluding tert-OH is 1. The first-order valence-corrected chi connectivity index (χ1v) is 14.7. The number of β-amino-alcohol motifs (C(OH)–C–C–N with tert-alkyl or cyclic N) is 1. The third-order valence-corrected chi connectivity index (χ3v) is 8.07. The zero-order valence-electron chi connectivity index (χ0n) is 24.8. The van der Waals surface area contributed by atoms with E-state index in [1.807, 2.05) is 59.7 Å². The van der Waals surface area contributed by atoms with Gasteiger partial charge in [-0.2, -0.15) is 0 Å². The molecule has 0 radical (unpaired) electrons. The average molecular weight is 587 g/mol. The largest absolute Gasteiger partial charge is 0.488 e. The maximum atomic E-state index is 15.3. The number of carbonyl (C=O) groups excluding carboxylic acids is 2. The SMILES string of the molecule is Cc1cc([C@H](C(=O)N2C[C@H](O)[C@H](F)[C@H]2C(=O)N[C@@H](C)c2ccc(-c3scnc3C)cc2OC(C)(C)C)C(C)C)on1. The van der Waals surface area contributed by atoms with E-state index in [-0.39, 0.29) is 12.5 Å². The van der Waals surface area contributed by atoms with E-state index in [1.54, 1.807) is 25.4 Å². The minimum absolute atomic E-state index is 0.217. The zero-order valence-corrected chi connectivity index (χ0v) is 25.6. The molecule has 222 valence electrons. The molecule has 11 heteroatoms. The molecule has 3 heterocycles. The van der Waals surface area contributed by atoms with Crippen LogP contribution in [0.1, 0.15) is 76.2 Å². The molecule has 4 rings (SSSR count). The number of carbonyl (C=O) groups is 2. The number of hydrogen-bond acceptors (Lipinski definition) is 8. The fourth-order valence-electron chi connectivity index (χ4n) is 5.16. The number of benzene rings is 1. The summed E-state index contributed by atoms with van der Waals surface area (Å²) in [5.74, 6) is -1.28. The van der Waals surface area contributed by atoms with E-state index in [0.29, 0.717) is 22.8 Å². The van der Waals surface area contributed by atoms with Crippen molar-refractivity contribution >= 4 is 23.2 Å². The third kappa shape index (κ3) is 6.62. The van der Waals surface area contributed by atoms with Crippen molar-refractivity contribution in [3.05, 3.63) is 52.5 Å². The van der Waals surface area contributed by atoms with E-state index in [4.69, 9.17) is 9.26 Å². The highest BCUT2D eigenvalue weighted by molar-refractivity contribution is 7.13. The van der Waals surface area contributed by atoms with E-state index in [9.17, 15) is 14.7 Å². The number of hydrogen-bond donors (Lipinski definition) is 2. The number of likely N-dealkylation sites (tertiary alicyclic amines) is 1. The van der Waals surface area contributed by atoms with Crippen molar-refractivity contribution in [3.8, 4) is 16.2 Å². The van der Waals surface area contributed by atoms with Crippen LogP contribution in [0.15, 0.2) is 34.3 Å². The maximum Gasteiger partial charge on any atom is 0.246 e. The number of nitrogens with zero attached hydrogens (tertiary/aromatic N) is 3. The van der Waals surface area contributed by atoms with Gasteiger partial charge in [-0.15, -0.1) is 11.3 Å². The van der Waals surface area contributed by atoms with Gasteiger partial charge in [0, 0.05) is 11.6 Å². The second kappa shape index (κ2) is 11.9. The van der Waals surface area contributed by atoms with Gasteiger partial charge in [-0.05, 0) is 59.1 Å². The van der Waals surface area contributed by atoms with Gasteiger partial charge in [0.05, 0.1) is 34.4 Å². The first-order chi connectivity index (χ1) is 19.2. The van der Waals surface area contributed by atoms with Crippen molar-refractivity contribution < 1.29 is 28.3 Å². The van der Waals surface area contributed by atoms with Crippen LogP contribution in [0.5, 0.6) is 5.75 Å². The van der Waals surface area contributed by atoms with Gasteiger partial charge in [0.15, 0.2) is 6.17 Å². The lowest BCUT2D eigenvalue weighted by Gasteiger charge is -2.30. The highest BCUT2D eigenvalue weighted by Crippen LogP contribution is 2.37. The molecule has 1 fully saturated rings. The molecule has 1 aliphatic rings. The van der Waals surface area contributed by atoms with E-state index >= 15 is 4.39 Å². The van der Waals surface area contributed by atoms with Gasteiger partial charge in [-0.3, -0.25) is 9.59 Å². The van der Waals surface area contributed by atoms with Crippen LogP contribution in [0, 0.1) is 19.8 Å². The Bertz CT molecular complexity index is 1400. The third-order valence-electron chi connectivity index (χ3n) is 7.09. The van der Waals surface area contributed by atoms with Gasteiger partial charge >= 0.3 is 0 Å².